The summed E-state index contributed by atoms with van der Waals surface area (Å²) in [5, 5.41) is 19.1. The topological polar surface area (TPSA) is 78.6 Å². The molecule has 2 aromatic rings. The third-order valence-electron chi connectivity index (χ3n) is 8.88. The standard InChI is InChI=1S/C27H38IN6O/c1-18-13-23(20-14-30-28-24(20)31-18)33-12-5-22-21(15-33)19(2)32-34(22)17-26-6-9-27(10-7-26,11-8-26)29-16-25(3,4)35/h13-14,29,35H,5-12,15-17H2,1-4H3/q-1. The van der Waals surface area contributed by atoms with Crippen molar-refractivity contribution in [1.82, 2.24) is 20.1 Å². The first kappa shape index (κ1) is 23.9. The van der Waals surface area contributed by atoms with Crippen molar-refractivity contribution in [3.05, 3.63) is 38.0 Å². The summed E-state index contributed by atoms with van der Waals surface area (Å²) in [7, 11) is 0. The molecule has 7 rings (SSSR count). The van der Waals surface area contributed by atoms with Crippen molar-refractivity contribution in [3.63, 3.8) is 0 Å². The predicted octanol–water partition coefficient (Wildman–Crippen LogP) is 0.517. The summed E-state index contributed by atoms with van der Waals surface area (Å²) in [4.78, 5) is 7.28. The van der Waals surface area contributed by atoms with Crippen LogP contribution in [0.3, 0.4) is 0 Å². The van der Waals surface area contributed by atoms with Gasteiger partial charge in [-0.25, -0.2) is 0 Å². The monoisotopic (exact) mass is 589 g/mol. The number of pyridine rings is 1. The molecule has 0 aromatic carbocycles. The van der Waals surface area contributed by atoms with Gasteiger partial charge in [0.05, 0.1) is 5.60 Å². The Kier molecular flexibility index (Phi) is 5.80. The number of rotatable bonds is 6. The van der Waals surface area contributed by atoms with Gasteiger partial charge in [0.1, 0.15) is 0 Å². The number of halogens is 1. The van der Waals surface area contributed by atoms with E-state index in [1.54, 1.807) is 0 Å². The molecule has 0 saturated heterocycles. The Balaban J connectivity index is 1.18. The second kappa shape index (κ2) is 8.52. The van der Waals surface area contributed by atoms with E-state index in [2.05, 4.69) is 44.2 Å². The van der Waals surface area contributed by atoms with Crippen molar-refractivity contribution in [2.24, 2.45) is 8.62 Å². The van der Waals surface area contributed by atoms with Crippen molar-refractivity contribution in [2.45, 2.75) is 96.9 Å². The van der Waals surface area contributed by atoms with Crippen LogP contribution < -0.4 is 31.7 Å². The quantitative estimate of drug-likeness (QED) is 0.380. The van der Waals surface area contributed by atoms with Gasteiger partial charge in [-0.05, 0) is 13.8 Å². The van der Waals surface area contributed by atoms with Crippen LogP contribution in [0.1, 0.15) is 80.6 Å². The summed E-state index contributed by atoms with van der Waals surface area (Å²) in [6, 6.07) is 2.24. The van der Waals surface area contributed by atoms with Gasteiger partial charge in [0, 0.05) is 12.1 Å². The molecule has 0 atom stereocenters. The van der Waals surface area contributed by atoms with Crippen molar-refractivity contribution in [1.29, 1.82) is 0 Å². The minimum atomic E-state index is -0.649. The van der Waals surface area contributed by atoms with Gasteiger partial charge in [-0.15, -0.1) is 0 Å². The molecule has 35 heavy (non-hydrogen) atoms. The van der Waals surface area contributed by atoms with E-state index in [0.29, 0.717) is 12.0 Å². The molecule has 2 bridgehead atoms. The summed E-state index contributed by atoms with van der Waals surface area (Å²) in [5.41, 5.74) is 7.69. The number of hydrogen-bond acceptors (Lipinski definition) is 6. The van der Waals surface area contributed by atoms with E-state index >= 15 is 0 Å². The number of fused-ring (bicyclic) bond motifs is 5. The van der Waals surface area contributed by atoms with E-state index in [-0.39, 0.29) is 27.0 Å². The number of aryl methyl sites for hydroxylation is 2. The molecule has 7 nitrogen and oxygen atoms in total. The van der Waals surface area contributed by atoms with Crippen molar-refractivity contribution < 1.29 is 26.6 Å². The van der Waals surface area contributed by atoms with Gasteiger partial charge in [-0.3, -0.25) is 0 Å². The fraction of sp³-hybridized carbons (Fsp3) is 0.667. The Hall–Kier alpha value is -1.52. The fourth-order valence-corrected chi connectivity index (χ4v) is 8.53. The Bertz CT molecular complexity index is 1150. The summed E-state index contributed by atoms with van der Waals surface area (Å²) >= 11 is -0.318. The average molecular weight is 590 g/mol. The molecule has 3 aliphatic carbocycles. The SMILES string of the molecule is Cc1cc(N2CCc3c(c(C)nn3CC34CCC(NCC(C)(C)O)(CC3)CC4)C2)c2c(n1)[I-]N=C2. The Labute approximate surface area is 219 Å². The normalized spacial score (nSPS) is 27.6. The molecule has 190 valence electrons. The van der Waals surface area contributed by atoms with Crippen LogP contribution in [-0.2, 0) is 19.5 Å². The maximum atomic E-state index is 10.2. The zero-order chi connectivity index (χ0) is 24.4. The zero-order valence-corrected chi connectivity index (χ0v) is 23.7. The summed E-state index contributed by atoms with van der Waals surface area (Å²) < 4.78 is 8.20. The zero-order valence-electron chi connectivity index (χ0n) is 21.5. The van der Waals surface area contributed by atoms with Crippen LogP contribution in [0.4, 0.5) is 5.69 Å². The Morgan fingerprint density at radius 2 is 1.89 bits per heavy atom. The van der Waals surface area contributed by atoms with Gasteiger partial charge in [0.25, 0.3) is 0 Å². The third kappa shape index (κ3) is 4.44. The van der Waals surface area contributed by atoms with Gasteiger partial charge in [0.2, 0.25) is 0 Å². The number of anilines is 1. The van der Waals surface area contributed by atoms with Crippen LogP contribution in [0.2, 0.25) is 0 Å². The number of nitrogens with one attached hydrogen (secondary N) is 1. The molecule has 0 amide bonds. The molecule has 2 aromatic heterocycles. The summed E-state index contributed by atoms with van der Waals surface area (Å²) in [6.07, 6.45) is 10.5. The second-order valence-electron chi connectivity index (χ2n) is 12.1. The Morgan fingerprint density at radius 3 is 2.60 bits per heavy atom. The maximum absolute atomic E-state index is 10.2. The van der Waals surface area contributed by atoms with E-state index in [9.17, 15) is 5.11 Å². The fourth-order valence-electron chi connectivity index (χ4n) is 6.68. The molecule has 3 fully saturated rings. The molecule has 0 radical (unpaired) electrons. The number of β-amino-alcohol motifs (C(OH)–C–C–N with tert-alkyl or cyclic N) is 1. The minimum absolute atomic E-state index is 0.232. The van der Waals surface area contributed by atoms with E-state index in [1.165, 1.54) is 70.4 Å². The van der Waals surface area contributed by atoms with E-state index in [1.807, 2.05) is 13.8 Å². The van der Waals surface area contributed by atoms with Gasteiger partial charge < -0.3 is 10.4 Å². The predicted molar refractivity (Wildman–Crippen MR) is 134 cm³/mol. The second-order valence-corrected chi connectivity index (χ2v) is 14.1. The van der Waals surface area contributed by atoms with Gasteiger partial charge in [-0.2, -0.15) is 0 Å². The number of aromatic nitrogens is 3. The molecular weight excluding hydrogens is 551 g/mol. The van der Waals surface area contributed by atoms with Crippen molar-refractivity contribution in [2.75, 3.05) is 18.0 Å². The van der Waals surface area contributed by atoms with Crippen LogP contribution in [0.15, 0.2) is 9.27 Å². The van der Waals surface area contributed by atoms with E-state index in [4.69, 9.17) is 10.1 Å². The molecule has 3 saturated carbocycles. The average Bonchev–Trinajstić information content (AvgIpc) is 3.42. The number of hydrogen-bond donors (Lipinski definition) is 2. The third-order valence-corrected chi connectivity index (χ3v) is 10.7. The molecule has 5 aliphatic rings. The number of nitrogens with zero attached hydrogens (tertiary/aromatic N) is 5. The molecular formula is C27H38IN6O-. The van der Waals surface area contributed by atoms with Crippen LogP contribution in [0.25, 0.3) is 0 Å². The molecule has 2 N–H and O–H groups in total. The van der Waals surface area contributed by atoms with Crippen LogP contribution in [0, 0.1) is 23.0 Å². The van der Waals surface area contributed by atoms with Crippen LogP contribution in [0.5, 0.6) is 0 Å². The Morgan fingerprint density at radius 1 is 1.14 bits per heavy atom. The van der Waals surface area contributed by atoms with Gasteiger partial charge in [0.15, 0.2) is 0 Å². The first-order chi connectivity index (χ1) is 16.6. The van der Waals surface area contributed by atoms with E-state index < -0.39 is 5.60 Å². The molecule has 4 heterocycles. The molecule has 0 spiro atoms. The summed E-state index contributed by atoms with van der Waals surface area (Å²) in [6.45, 7) is 11.8. The number of aliphatic hydroxyl groups is 1. The molecule has 8 heteroatoms. The van der Waals surface area contributed by atoms with Crippen LogP contribution >= 0.6 is 0 Å². The first-order valence-corrected chi connectivity index (χ1v) is 15.2. The van der Waals surface area contributed by atoms with E-state index in [0.717, 1.165) is 31.7 Å². The van der Waals surface area contributed by atoms with Gasteiger partial charge >= 0.3 is 178 Å². The molecule has 2 aliphatic heterocycles. The first-order valence-electron chi connectivity index (χ1n) is 13.1. The van der Waals surface area contributed by atoms with Crippen molar-refractivity contribution >= 4 is 11.9 Å². The van der Waals surface area contributed by atoms with Gasteiger partial charge in [-0.1, -0.05) is 0 Å². The molecule has 0 unspecified atom stereocenters. The van der Waals surface area contributed by atoms with Crippen LogP contribution in [-0.4, -0.2) is 50.3 Å². The van der Waals surface area contributed by atoms with Crippen molar-refractivity contribution in [3.8, 4) is 0 Å². The summed E-state index contributed by atoms with van der Waals surface area (Å²) in [5.74, 6) is 0.